The summed E-state index contributed by atoms with van der Waals surface area (Å²) < 4.78 is 25.0. The number of rotatable bonds is 6. The maximum Gasteiger partial charge on any atom is 0.272 e. The number of hydrogen-bond donors (Lipinski definition) is 3. The molecule has 1 aliphatic carbocycles. The van der Waals surface area contributed by atoms with E-state index in [1.807, 2.05) is 4.90 Å². The molecule has 0 aromatic carbocycles. The van der Waals surface area contributed by atoms with Gasteiger partial charge in [-0.15, -0.1) is 0 Å². The summed E-state index contributed by atoms with van der Waals surface area (Å²) in [6.45, 7) is 4.55. The molecular formula is C26H34FN7O4. The molecule has 204 valence electrons. The van der Waals surface area contributed by atoms with Gasteiger partial charge in [-0.2, -0.15) is 5.10 Å². The van der Waals surface area contributed by atoms with Crippen LogP contribution in [-0.4, -0.2) is 101 Å². The van der Waals surface area contributed by atoms with Gasteiger partial charge in [0, 0.05) is 61.3 Å². The van der Waals surface area contributed by atoms with Crippen molar-refractivity contribution >= 4 is 11.8 Å². The second kappa shape index (κ2) is 10.2. The number of aromatic nitrogens is 3. The van der Waals surface area contributed by atoms with Gasteiger partial charge in [0.05, 0.1) is 32.3 Å². The number of H-pyrrole nitrogens is 1. The smallest absolute Gasteiger partial charge is 0.272 e. The summed E-state index contributed by atoms with van der Waals surface area (Å²) in [6.07, 6.45) is 5.06. The largest absolute Gasteiger partial charge is 0.481 e. The monoisotopic (exact) mass is 527 g/mol. The Morgan fingerprint density at radius 2 is 2.13 bits per heavy atom. The van der Waals surface area contributed by atoms with Crippen LogP contribution in [0.1, 0.15) is 42.6 Å². The molecule has 11 nitrogen and oxygen atoms in total. The molecule has 1 saturated carbocycles. The molecule has 4 aliphatic rings. The van der Waals surface area contributed by atoms with Crippen LogP contribution in [0.25, 0.3) is 11.3 Å². The van der Waals surface area contributed by atoms with Crippen LogP contribution in [0.3, 0.4) is 0 Å². The zero-order valence-corrected chi connectivity index (χ0v) is 21.5. The first kappa shape index (κ1) is 25.2. The van der Waals surface area contributed by atoms with Gasteiger partial charge in [0.1, 0.15) is 5.69 Å². The Balaban J connectivity index is 1.07. The van der Waals surface area contributed by atoms with E-state index in [2.05, 4.69) is 30.7 Å². The Labute approximate surface area is 220 Å². The zero-order chi connectivity index (χ0) is 26.3. The van der Waals surface area contributed by atoms with Crippen molar-refractivity contribution in [3.8, 4) is 17.1 Å². The Kier molecular flexibility index (Phi) is 6.79. The number of ether oxygens (including phenoxy) is 2. The van der Waals surface area contributed by atoms with E-state index in [-0.39, 0.29) is 40.8 Å². The summed E-state index contributed by atoms with van der Waals surface area (Å²) in [5, 5.41) is 13.5. The number of carbonyl (C=O) groups is 2. The molecule has 3 atom stereocenters. The van der Waals surface area contributed by atoms with Crippen LogP contribution in [0.2, 0.25) is 0 Å². The lowest BCUT2D eigenvalue weighted by Crippen LogP contribution is -2.52. The first-order chi connectivity index (χ1) is 18.5. The number of pyridine rings is 1. The molecule has 5 heterocycles. The number of aromatic amines is 1. The van der Waals surface area contributed by atoms with Crippen LogP contribution in [0.4, 0.5) is 4.39 Å². The standard InChI is InChI=1S/C26H34FN7O4/c1-37-23-8-19(20(27)12-29-23)21-9-22(32-31-21)25(36)34-7-2-16(10-26(34)4-5-26)24(35)30-17-3-6-33(13-17)18-11-28-15-38-14-18/h8-9,12,16-18,28H,2-7,10-11,13-15H2,1H3,(H,30,35)(H,31,32)/t16-,17+,18-/m0/s1. The van der Waals surface area contributed by atoms with Gasteiger partial charge >= 0.3 is 0 Å². The molecule has 12 heteroatoms. The maximum absolute atomic E-state index is 14.4. The molecule has 0 unspecified atom stereocenters. The normalized spacial score (nSPS) is 26.9. The molecule has 2 aromatic rings. The lowest BCUT2D eigenvalue weighted by molar-refractivity contribution is -0.127. The third-order valence-corrected chi connectivity index (χ3v) is 8.44. The predicted molar refractivity (Wildman–Crippen MR) is 135 cm³/mol. The van der Waals surface area contributed by atoms with Crippen LogP contribution >= 0.6 is 0 Å². The van der Waals surface area contributed by atoms with E-state index in [9.17, 15) is 14.0 Å². The quantitative estimate of drug-likeness (QED) is 0.511. The zero-order valence-electron chi connectivity index (χ0n) is 21.5. The first-order valence-electron chi connectivity index (χ1n) is 13.4. The van der Waals surface area contributed by atoms with E-state index < -0.39 is 5.82 Å². The van der Waals surface area contributed by atoms with Gasteiger partial charge in [-0.3, -0.25) is 24.9 Å². The number of methoxy groups -OCH3 is 1. The summed E-state index contributed by atoms with van der Waals surface area (Å²) in [6, 6.07) is 3.52. The lowest BCUT2D eigenvalue weighted by atomic mass is 9.87. The lowest BCUT2D eigenvalue weighted by Gasteiger charge is -2.39. The minimum atomic E-state index is -0.545. The van der Waals surface area contributed by atoms with Crippen molar-refractivity contribution in [3.63, 3.8) is 0 Å². The van der Waals surface area contributed by atoms with E-state index in [4.69, 9.17) is 9.47 Å². The SMILES string of the molecule is COc1cc(-c2cc(C(=O)N3CC[C@H](C(=O)N[C@@H]4CCN([C@H]5CNCOC5)C4)CC34CC4)[nH]n2)c(F)cn1. The van der Waals surface area contributed by atoms with E-state index in [1.165, 1.54) is 13.2 Å². The summed E-state index contributed by atoms with van der Waals surface area (Å²) in [7, 11) is 1.45. The van der Waals surface area contributed by atoms with Crippen molar-refractivity contribution in [1.29, 1.82) is 0 Å². The number of carbonyl (C=O) groups excluding carboxylic acids is 2. The van der Waals surface area contributed by atoms with Crippen LogP contribution in [-0.2, 0) is 9.53 Å². The average Bonchev–Trinajstić information content (AvgIpc) is 3.31. The average molecular weight is 528 g/mol. The van der Waals surface area contributed by atoms with Crippen LogP contribution in [0, 0.1) is 11.7 Å². The third-order valence-electron chi connectivity index (χ3n) is 8.44. The number of piperidine rings is 1. The van der Waals surface area contributed by atoms with Crippen LogP contribution < -0.4 is 15.4 Å². The van der Waals surface area contributed by atoms with Gasteiger partial charge in [-0.1, -0.05) is 0 Å². The minimum Gasteiger partial charge on any atom is -0.481 e. The van der Waals surface area contributed by atoms with Gasteiger partial charge in [0.2, 0.25) is 11.8 Å². The Bertz CT molecular complexity index is 1200. The molecule has 3 saturated heterocycles. The summed E-state index contributed by atoms with van der Waals surface area (Å²) >= 11 is 0. The molecule has 1 spiro atoms. The minimum absolute atomic E-state index is 0.0965. The second-order valence-electron chi connectivity index (χ2n) is 10.9. The molecule has 2 aromatic heterocycles. The molecule has 3 N–H and O–H groups in total. The summed E-state index contributed by atoms with van der Waals surface area (Å²) in [5.41, 5.74) is 0.533. The van der Waals surface area contributed by atoms with Crippen molar-refractivity contribution < 1.29 is 23.5 Å². The number of nitrogens with one attached hydrogen (secondary N) is 3. The van der Waals surface area contributed by atoms with Crippen molar-refractivity contribution in [2.75, 3.05) is 46.6 Å². The Morgan fingerprint density at radius 3 is 2.89 bits per heavy atom. The van der Waals surface area contributed by atoms with Gasteiger partial charge in [0.25, 0.3) is 5.91 Å². The number of likely N-dealkylation sites (tertiary alicyclic amines) is 2. The topological polar surface area (TPSA) is 125 Å². The molecule has 2 amide bonds. The van der Waals surface area contributed by atoms with Crippen molar-refractivity contribution in [2.24, 2.45) is 5.92 Å². The fourth-order valence-electron chi connectivity index (χ4n) is 6.14. The second-order valence-corrected chi connectivity index (χ2v) is 10.9. The molecule has 38 heavy (non-hydrogen) atoms. The van der Waals surface area contributed by atoms with Crippen molar-refractivity contribution in [3.05, 3.63) is 29.8 Å². The predicted octanol–water partition coefficient (Wildman–Crippen LogP) is 1.14. The highest BCUT2D eigenvalue weighted by Gasteiger charge is 2.54. The molecule has 3 aliphatic heterocycles. The van der Waals surface area contributed by atoms with Crippen molar-refractivity contribution in [2.45, 2.75) is 49.7 Å². The molecular weight excluding hydrogens is 493 g/mol. The Hall–Kier alpha value is -3.09. The highest BCUT2D eigenvalue weighted by molar-refractivity contribution is 5.94. The van der Waals surface area contributed by atoms with E-state index in [1.54, 1.807) is 6.07 Å². The summed E-state index contributed by atoms with van der Waals surface area (Å²) in [4.78, 5) is 34.8. The number of amides is 2. The van der Waals surface area contributed by atoms with Crippen molar-refractivity contribution in [1.82, 2.24) is 35.6 Å². The van der Waals surface area contributed by atoms with Gasteiger partial charge in [0.15, 0.2) is 5.82 Å². The summed E-state index contributed by atoms with van der Waals surface area (Å²) in [5.74, 6) is -0.461. The van der Waals surface area contributed by atoms with E-state index in [0.717, 1.165) is 51.7 Å². The van der Waals surface area contributed by atoms with Crippen LogP contribution in [0.5, 0.6) is 5.88 Å². The van der Waals surface area contributed by atoms with E-state index in [0.29, 0.717) is 43.5 Å². The number of nitrogens with zero attached hydrogens (tertiary/aromatic N) is 4. The molecule has 4 fully saturated rings. The third kappa shape index (κ3) is 4.87. The van der Waals surface area contributed by atoms with Gasteiger partial charge in [-0.05, 0) is 38.2 Å². The number of halogens is 1. The van der Waals surface area contributed by atoms with Crippen LogP contribution in [0.15, 0.2) is 18.3 Å². The molecule has 0 bridgehead atoms. The highest BCUT2D eigenvalue weighted by atomic mass is 19.1. The van der Waals surface area contributed by atoms with E-state index >= 15 is 0 Å². The maximum atomic E-state index is 14.4. The molecule has 0 radical (unpaired) electrons. The van der Waals surface area contributed by atoms with Gasteiger partial charge in [-0.25, -0.2) is 9.37 Å². The fraction of sp³-hybridized carbons (Fsp3) is 0.615. The Morgan fingerprint density at radius 1 is 1.26 bits per heavy atom. The molecule has 6 rings (SSSR count). The first-order valence-corrected chi connectivity index (χ1v) is 13.4. The van der Waals surface area contributed by atoms with Gasteiger partial charge < -0.3 is 19.7 Å². The fourth-order valence-corrected chi connectivity index (χ4v) is 6.14. The number of hydrogen-bond acceptors (Lipinski definition) is 8. The highest BCUT2D eigenvalue weighted by Crippen LogP contribution is 2.50.